The fraction of sp³-hybridized carbons (Fsp3) is 0.900. The predicted molar refractivity (Wildman–Crippen MR) is 68.4 cm³/mol. The van der Waals surface area contributed by atoms with Gasteiger partial charge in [0, 0.05) is 6.54 Å². The molecule has 0 saturated carbocycles. The molecule has 0 spiro atoms. The molecule has 14 heavy (non-hydrogen) atoms. The van der Waals surface area contributed by atoms with Gasteiger partial charge >= 0.3 is 0 Å². The number of carbonyl (C=O) groups excluding carboxylic acids is 1. The average molecular weight is 235 g/mol. The number of amides is 1. The Labute approximate surface area is 98.0 Å². The molecule has 2 atom stereocenters. The van der Waals surface area contributed by atoms with Gasteiger partial charge in [-0.2, -0.15) is 25.3 Å². The summed E-state index contributed by atoms with van der Waals surface area (Å²) in [6.07, 6.45) is 4.14. The first-order valence-electron chi connectivity index (χ1n) is 5.21. The summed E-state index contributed by atoms with van der Waals surface area (Å²) in [6, 6.07) is 0. The highest BCUT2D eigenvalue weighted by molar-refractivity contribution is 7.81. The minimum absolute atomic E-state index is 0.0507. The van der Waals surface area contributed by atoms with Crippen LogP contribution in [0.2, 0.25) is 0 Å². The molecule has 0 fully saturated rings. The number of hydrogen-bond donors (Lipinski definition) is 3. The number of thiol groups is 2. The molecule has 0 heterocycles. The molecular weight excluding hydrogens is 214 g/mol. The van der Waals surface area contributed by atoms with Crippen LogP contribution >= 0.6 is 25.3 Å². The molecule has 0 aromatic heterocycles. The van der Waals surface area contributed by atoms with Gasteiger partial charge in [0.1, 0.15) is 0 Å². The van der Waals surface area contributed by atoms with Gasteiger partial charge in [-0.3, -0.25) is 4.79 Å². The van der Waals surface area contributed by atoms with Crippen molar-refractivity contribution in [3.05, 3.63) is 0 Å². The number of hydrogen-bond acceptors (Lipinski definition) is 3. The second-order valence-electron chi connectivity index (χ2n) is 3.54. The molecule has 0 saturated heterocycles. The van der Waals surface area contributed by atoms with Gasteiger partial charge < -0.3 is 5.32 Å². The topological polar surface area (TPSA) is 29.1 Å². The standard InChI is InChI=1S/C10H21NOS2/c1-3-11-10(12)9(14)7-5-4-6-8(2)13/h8-9,13-14H,3-7H2,1-2H3,(H,11,12). The van der Waals surface area contributed by atoms with Crippen LogP contribution in [0.15, 0.2) is 0 Å². The van der Waals surface area contributed by atoms with Crippen molar-refractivity contribution in [3.8, 4) is 0 Å². The van der Waals surface area contributed by atoms with Crippen molar-refractivity contribution in [3.63, 3.8) is 0 Å². The lowest BCUT2D eigenvalue weighted by atomic mass is 10.1. The summed E-state index contributed by atoms with van der Waals surface area (Å²) < 4.78 is 0. The van der Waals surface area contributed by atoms with Crippen molar-refractivity contribution in [1.29, 1.82) is 0 Å². The Balaban J connectivity index is 3.43. The molecule has 0 aliphatic carbocycles. The van der Waals surface area contributed by atoms with Crippen molar-refractivity contribution in [2.75, 3.05) is 6.54 Å². The van der Waals surface area contributed by atoms with E-state index in [0.717, 1.165) is 25.7 Å². The lowest BCUT2D eigenvalue weighted by Gasteiger charge is -2.10. The molecule has 0 aliphatic heterocycles. The maximum absolute atomic E-state index is 11.3. The summed E-state index contributed by atoms with van der Waals surface area (Å²) >= 11 is 8.55. The first-order chi connectivity index (χ1) is 6.57. The van der Waals surface area contributed by atoms with Crippen LogP contribution in [0.25, 0.3) is 0 Å². The SMILES string of the molecule is CCNC(=O)C(S)CCCCC(C)S. The van der Waals surface area contributed by atoms with Crippen molar-refractivity contribution in [2.45, 2.75) is 50.0 Å². The van der Waals surface area contributed by atoms with Gasteiger partial charge in [-0.1, -0.05) is 19.8 Å². The number of rotatable bonds is 7. The lowest BCUT2D eigenvalue weighted by molar-refractivity contribution is -0.120. The summed E-state index contributed by atoms with van der Waals surface area (Å²) in [6.45, 7) is 4.69. The Morgan fingerprint density at radius 1 is 1.29 bits per heavy atom. The Hall–Kier alpha value is 0.170. The molecule has 2 unspecified atom stereocenters. The van der Waals surface area contributed by atoms with Crippen molar-refractivity contribution in [1.82, 2.24) is 5.32 Å². The Morgan fingerprint density at radius 2 is 1.86 bits per heavy atom. The molecule has 1 N–H and O–H groups in total. The molecule has 0 aromatic carbocycles. The molecule has 0 rings (SSSR count). The third kappa shape index (κ3) is 7.56. The van der Waals surface area contributed by atoms with Crippen LogP contribution in [-0.4, -0.2) is 23.0 Å². The molecule has 84 valence electrons. The first-order valence-corrected chi connectivity index (χ1v) is 6.25. The Bertz CT molecular complexity index is 162. The average Bonchev–Trinajstić information content (AvgIpc) is 2.12. The first kappa shape index (κ1) is 14.2. The molecule has 0 bridgehead atoms. The van der Waals surface area contributed by atoms with E-state index < -0.39 is 0 Å². The van der Waals surface area contributed by atoms with E-state index in [9.17, 15) is 4.79 Å². The summed E-state index contributed by atoms with van der Waals surface area (Å²) in [4.78, 5) is 11.3. The fourth-order valence-electron chi connectivity index (χ4n) is 1.20. The highest BCUT2D eigenvalue weighted by atomic mass is 32.1. The summed E-state index contributed by atoms with van der Waals surface area (Å²) in [5.74, 6) is 0.0507. The molecule has 0 aromatic rings. The highest BCUT2D eigenvalue weighted by Gasteiger charge is 2.11. The third-order valence-electron chi connectivity index (χ3n) is 2.00. The molecule has 0 radical (unpaired) electrons. The largest absolute Gasteiger partial charge is 0.355 e. The van der Waals surface area contributed by atoms with E-state index in [-0.39, 0.29) is 11.2 Å². The molecule has 4 heteroatoms. The Kier molecular flexibility index (Phi) is 8.58. The van der Waals surface area contributed by atoms with E-state index in [1.165, 1.54) is 0 Å². The van der Waals surface area contributed by atoms with Gasteiger partial charge in [0.25, 0.3) is 0 Å². The third-order valence-corrected chi connectivity index (χ3v) is 2.75. The van der Waals surface area contributed by atoms with Gasteiger partial charge in [0.05, 0.1) is 5.25 Å². The summed E-state index contributed by atoms with van der Waals surface area (Å²) in [5.41, 5.74) is 0. The molecule has 2 nitrogen and oxygen atoms in total. The van der Waals surface area contributed by atoms with Gasteiger partial charge in [0.15, 0.2) is 0 Å². The van der Waals surface area contributed by atoms with Crippen LogP contribution in [0.4, 0.5) is 0 Å². The van der Waals surface area contributed by atoms with Crippen LogP contribution in [0.1, 0.15) is 39.5 Å². The minimum Gasteiger partial charge on any atom is -0.355 e. The van der Waals surface area contributed by atoms with Gasteiger partial charge in [-0.15, -0.1) is 0 Å². The molecule has 1 amide bonds. The van der Waals surface area contributed by atoms with Crippen LogP contribution in [-0.2, 0) is 4.79 Å². The van der Waals surface area contributed by atoms with Crippen molar-refractivity contribution in [2.24, 2.45) is 0 Å². The smallest absolute Gasteiger partial charge is 0.232 e. The van der Waals surface area contributed by atoms with Crippen LogP contribution in [0, 0.1) is 0 Å². The van der Waals surface area contributed by atoms with E-state index >= 15 is 0 Å². The van der Waals surface area contributed by atoms with E-state index in [1.807, 2.05) is 6.92 Å². The quantitative estimate of drug-likeness (QED) is 0.459. The van der Waals surface area contributed by atoms with Crippen LogP contribution in [0.5, 0.6) is 0 Å². The van der Waals surface area contributed by atoms with Crippen molar-refractivity contribution >= 4 is 31.2 Å². The lowest BCUT2D eigenvalue weighted by Crippen LogP contribution is -2.31. The van der Waals surface area contributed by atoms with E-state index in [2.05, 4.69) is 37.5 Å². The summed E-state index contributed by atoms with van der Waals surface area (Å²) in [5, 5.41) is 3.07. The highest BCUT2D eigenvalue weighted by Crippen LogP contribution is 2.12. The van der Waals surface area contributed by atoms with Gasteiger partial charge in [0.2, 0.25) is 5.91 Å². The van der Waals surface area contributed by atoms with E-state index in [1.54, 1.807) is 0 Å². The van der Waals surface area contributed by atoms with Crippen LogP contribution < -0.4 is 5.32 Å². The summed E-state index contributed by atoms with van der Waals surface area (Å²) in [7, 11) is 0. The van der Waals surface area contributed by atoms with E-state index in [4.69, 9.17) is 0 Å². The number of nitrogens with one attached hydrogen (secondary N) is 1. The molecule has 0 aliphatic rings. The second kappa shape index (κ2) is 8.48. The zero-order chi connectivity index (χ0) is 11.0. The van der Waals surface area contributed by atoms with Crippen LogP contribution in [0.3, 0.4) is 0 Å². The zero-order valence-electron chi connectivity index (χ0n) is 8.99. The minimum atomic E-state index is -0.148. The number of carbonyl (C=O) groups is 1. The van der Waals surface area contributed by atoms with E-state index in [0.29, 0.717) is 11.8 Å². The molecular formula is C10H21NOS2. The normalized spacial score (nSPS) is 14.9. The maximum Gasteiger partial charge on any atom is 0.232 e. The monoisotopic (exact) mass is 235 g/mol. The second-order valence-corrected chi connectivity index (χ2v) is 5.05. The number of unbranched alkanes of at least 4 members (excludes halogenated alkanes) is 1. The van der Waals surface area contributed by atoms with Gasteiger partial charge in [-0.25, -0.2) is 0 Å². The predicted octanol–water partition coefficient (Wildman–Crippen LogP) is 2.30. The maximum atomic E-state index is 11.3. The van der Waals surface area contributed by atoms with Gasteiger partial charge in [-0.05, 0) is 25.0 Å². The fourth-order valence-corrected chi connectivity index (χ4v) is 1.66. The Morgan fingerprint density at radius 3 is 2.36 bits per heavy atom. The van der Waals surface area contributed by atoms with Crippen molar-refractivity contribution < 1.29 is 4.79 Å². The zero-order valence-corrected chi connectivity index (χ0v) is 10.8.